The summed E-state index contributed by atoms with van der Waals surface area (Å²) < 4.78 is 0. The van der Waals surface area contributed by atoms with Crippen LogP contribution >= 0.6 is 0 Å². The van der Waals surface area contributed by atoms with E-state index in [9.17, 15) is 4.79 Å². The molecule has 1 aromatic rings. The number of nitrogens with zero attached hydrogens (tertiary/aromatic N) is 2. The molecule has 1 amide bonds. The highest BCUT2D eigenvalue weighted by Gasteiger charge is 2.32. The normalized spacial score (nSPS) is 21.1. The fraction of sp³-hybridized carbons (Fsp3) is 0.200. The molecular weight excluding hydrogens is 238 g/mol. The van der Waals surface area contributed by atoms with Gasteiger partial charge in [-0.1, -0.05) is 24.3 Å². The predicted molar refractivity (Wildman–Crippen MR) is 72.6 cm³/mol. The molecule has 2 aliphatic rings. The van der Waals surface area contributed by atoms with Crippen LogP contribution in [0.3, 0.4) is 0 Å². The number of carbonyl (C=O) groups excluding carboxylic acids is 1. The second kappa shape index (κ2) is 4.72. The lowest BCUT2D eigenvalue weighted by atomic mass is 10.0. The fourth-order valence-corrected chi connectivity index (χ4v) is 2.46. The maximum absolute atomic E-state index is 11.8. The molecule has 1 fully saturated rings. The molecule has 1 aromatic heterocycles. The minimum atomic E-state index is 0.0170. The Morgan fingerprint density at radius 1 is 1.32 bits per heavy atom. The van der Waals surface area contributed by atoms with Gasteiger partial charge in [0, 0.05) is 31.4 Å². The lowest BCUT2D eigenvalue weighted by molar-refractivity contribution is -0.132. The molecule has 0 saturated carbocycles. The number of pyridine rings is 1. The number of nitrogens with one attached hydrogen (secondary N) is 1. The van der Waals surface area contributed by atoms with Crippen molar-refractivity contribution in [2.75, 3.05) is 0 Å². The zero-order valence-electron chi connectivity index (χ0n) is 10.7. The average Bonchev–Trinajstić information content (AvgIpc) is 3.08. The molecule has 1 aliphatic carbocycles. The Morgan fingerprint density at radius 2 is 2.00 bits per heavy atom. The van der Waals surface area contributed by atoms with Crippen LogP contribution < -0.4 is 5.43 Å². The van der Waals surface area contributed by atoms with Crippen LogP contribution in [0.2, 0.25) is 0 Å². The number of hydrogen-bond acceptors (Lipinski definition) is 3. The van der Waals surface area contributed by atoms with Gasteiger partial charge in [-0.2, -0.15) is 0 Å². The van der Waals surface area contributed by atoms with E-state index < -0.39 is 0 Å². The van der Waals surface area contributed by atoms with Crippen molar-refractivity contribution < 1.29 is 4.79 Å². The number of rotatable bonds is 1. The van der Waals surface area contributed by atoms with E-state index in [4.69, 9.17) is 0 Å². The lowest BCUT2D eigenvalue weighted by Gasteiger charge is -2.22. The third-order valence-corrected chi connectivity index (χ3v) is 3.41. The molecule has 4 heteroatoms. The van der Waals surface area contributed by atoms with Crippen molar-refractivity contribution in [2.45, 2.75) is 19.4 Å². The Morgan fingerprint density at radius 3 is 2.63 bits per heavy atom. The Labute approximate surface area is 112 Å². The summed E-state index contributed by atoms with van der Waals surface area (Å²) in [5.74, 6) is 0.0170. The quantitative estimate of drug-likeness (QED) is 0.835. The van der Waals surface area contributed by atoms with Crippen LogP contribution in [0.5, 0.6) is 0 Å². The summed E-state index contributed by atoms with van der Waals surface area (Å²) in [6.45, 7) is 1.58. The van der Waals surface area contributed by atoms with Crippen LogP contribution in [0.15, 0.2) is 60.1 Å². The number of carbonyl (C=O) groups is 1. The molecule has 1 N–H and O–H groups in total. The van der Waals surface area contributed by atoms with E-state index in [-0.39, 0.29) is 11.9 Å². The number of allylic oxidation sites excluding steroid dienone is 5. The minimum Gasteiger partial charge on any atom is -0.299 e. The Bertz CT molecular complexity index is 573. The van der Waals surface area contributed by atoms with Crippen LogP contribution in [-0.2, 0) is 4.79 Å². The second-order valence-corrected chi connectivity index (χ2v) is 4.65. The number of hydrogen-bond donors (Lipinski definition) is 1. The minimum absolute atomic E-state index is 0.0170. The van der Waals surface area contributed by atoms with Crippen LogP contribution in [-0.4, -0.2) is 15.9 Å². The van der Waals surface area contributed by atoms with Crippen molar-refractivity contribution in [3.05, 3.63) is 65.7 Å². The molecule has 1 atom stereocenters. The second-order valence-electron chi connectivity index (χ2n) is 4.65. The van der Waals surface area contributed by atoms with Gasteiger partial charge in [0.2, 0.25) is 5.91 Å². The van der Waals surface area contributed by atoms with Gasteiger partial charge in [0.1, 0.15) is 0 Å². The van der Waals surface area contributed by atoms with Crippen molar-refractivity contribution in [2.24, 2.45) is 0 Å². The summed E-state index contributed by atoms with van der Waals surface area (Å²) in [4.78, 5) is 15.8. The molecule has 4 nitrogen and oxygen atoms in total. The summed E-state index contributed by atoms with van der Waals surface area (Å²) in [6, 6.07) is 3.94. The average molecular weight is 253 g/mol. The van der Waals surface area contributed by atoms with Crippen molar-refractivity contribution in [1.82, 2.24) is 15.4 Å². The van der Waals surface area contributed by atoms with Crippen LogP contribution in [0, 0.1) is 0 Å². The highest BCUT2D eigenvalue weighted by molar-refractivity contribution is 5.74. The van der Waals surface area contributed by atoms with Crippen LogP contribution in [0.1, 0.15) is 24.9 Å². The smallest absolute Gasteiger partial charge is 0.238 e. The monoisotopic (exact) mass is 253 g/mol. The van der Waals surface area contributed by atoms with Crippen molar-refractivity contribution >= 4 is 5.91 Å². The van der Waals surface area contributed by atoms with E-state index in [1.807, 2.05) is 24.3 Å². The summed E-state index contributed by atoms with van der Waals surface area (Å²) in [7, 11) is 0. The Kier molecular flexibility index (Phi) is 2.91. The lowest BCUT2D eigenvalue weighted by Crippen LogP contribution is -2.36. The van der Waals surface area contributed by atoms with E-state index in [1.165, 1.54) is 0 Å². The van der Waals surface area contributed by atoms with E-state index in [0.29, 0.717) is 0 Å². The molecule has 3 rings (SSSR count). The first kappa shape index (κ1) is 11.7. The first-order valence-electron chi connectivity index (χ1n) is 6.30. The molecule has 0 spiro atoms. The SMILES string of the molecule is CC(=O)N1NC(=C2C=CC=C2)CC1c1ccncc1. The third kappa shape index (κ3) is 2.17. The highest BCUT2D eigenvalue weighted by atomic mass is 16.2. The fourth-order valence-electron chi connectivity index (χ4n) is 2.46. The summed E-state index contributed by atoms with van der Waals surface area (Å²) in [5.41, 5.74) is 6.54. The number of aromatic nitrogens is 1. The molecule has 19 heavy (non-hydrogen) atoms. The van der Waals surface area contributed by atoms with Crippen LogP contribution in [0.4, 0.5) is 0 Å². The summed E-state index contributed by atoms with van der Waals surface area (Å²) in [5, 5.41) is 1.69. The summed E-state index contributed by atoms with van der Waals surface area (Å²) >= 11 is 0. The molecule has 2 heterocycles. The van der Waals surface area contributed by atoms with Gasteiger partial charge < -0.3 is 0 Å². The molecule has 96 valence electrons. The molecular formula is C15H15N3O. The van der Waals surface area contributed by atoms with E-state index in [1.54, 1.807) is 24.3 Å². The molecule has 1 unspecified atom stereocenters. The number of amides is 1. The Balaban J connectivity index is 1.95. The maximum Gasteiger partial charge on any atom is 0.238 e. The Hall–Kier alpha value is -2.36. The van der Waals surface area contributed by atoms with Gasteiger partial charge in [0.25, 0.3) is 0 Å². The number of hydrazine groups is 1. The zero-order chi connectivity index (χ0) is 13.2. The van der Waals surface area contributed by atoms with Crippen molar-refractivity contribution in [3.8, 4) is 0 Å². The first-order valence-corrected chi connectivity index (χ1v) is 6.30. The molecule has 0 aromatic carbocycles. The predicted octanol–water partition coefficient (Wildman–Crippen LogP) is 2.26. The van der Waals surface area contributed by atoms with Crippen LogP contribution in [0.25, 0.3) is 0 Å². The maximum atomic E-state index is 11.8. The highest BCUT2D eigenvalue weighted by Crippen LogP contribution is 2.34. The third-order valence-electron chi connectivity index (χ3n) is 3.41. The van der Waals surface area contributed by atoms with Gasteiger partial charge >= 0.3 is 0 Å². The zero-order valence-corrected chi connectivity index (χ0v) is 10.7. The first-order chi connectivity index (χ1) is 9.25. The van der Waals surface area contributed by atoms with E-state index in [0.717, 1.165) is 23.3 Å². The van der Waals surface area contributed by atoms with E-state index >= 15 is 0 Å². The molecule has 0 radical (unpaired) electrons. The molecule has 1 saturated heterocycles. The molecule has 1 aliphatic heterocycles. The standard InChI is InChI=1S/C15H15N3O/c1-11(19)18-15(13-6-8-16-9-7-13)10-14(17-18)12-4-2-3-5-12/h2-9,15,17H,10H2,1H3. The van der Waals surface area contributed by atoms with Gasteiger partial charge in [-0.25, -0.2) is 5.01 Å². The summed E-state index contributed by atoms with van der Waals surface area (Å²) in [6.07, 6.45) is 12.4. The van der Waals surface area contributed by atoms with Gasteiger partial charge in [-0.3, -0.25) is 15.2 Å². The van der Waals surface area contributed by atoms with Gasteiger partial charge in [-0.05, 0) is 23.3 Å². The topological polar surface area (TPSA) is 45.2 Å². The van der Waals surface area contributed by atoms with Gasteiger partial charge in [-0.15, -0.1) is 0 Å². The molecule has 0 bridgehead atoms. The van der Waals surface area contributed by atoms with Crippen molar-refractivity contribution in [1.29, 1.82) is 0 Å². The van der Waals surface area contributed by atoms with Gasteiger partial charge in [0.05, 0.1) is 6.04 Å². The van der Waals surface area contributed by atoms with E-state index in [2.05, 4.69) is 22.6 Å². The van der Waals surface area contributed by atoms with Gasteiger partial charge in [0.15, 0.2) is 0 Å². The van der Waals surface area contributed by atoms with Crippen molar-refractivity contribution in [3.63, 3.8) is 0 Å². The largest absolute Gasteiger partial charge is 0.299 e.